The molecule has 3 aromatic rings. The fourth-order valence-electron chi connectivity index (χ4n) is 15.5. The van der Waals surface area contributed by atoms with Crippen molar-refractivity contribution < 1.29 is 47.7 Å². The highest BCUT2D eigenvalue weighted by Gasteiger charge is 2.61. The average molecular weight is 1060 g/mol. The standard InChI is InChI=1S/C63H71N6O9/c1-6-13-40-33-41(14-7-2)51-50(40)59(73)68(60(51)74)28-30-78-29-27-67-56(70)48-37(8-3)31-42(52(48)61(67)75)19-21-44-34-45(55-54(44)57(71)66(58(55)72)26-25-65-24-23-64(5)36-65)22-20-43-32-38(9-4)49-53(43)63(77)69(62(49)76)35-46-17-12-16-39-15-10-11-18-47(39)46/h6-24,36-38,40-45,48-55H,3-4,25-35H2,1-2,5H3/q+1/b13-6+,14-7+,21-19-,22-20-. The number of allylic oxidation sites excluding steroid dienone is 10. The maximum absolute atomic E-state index is 14.6. The Kier molecular flexibility index (Phi) is 14.6. The highest BCUT2D eigenvalue weighted by molar-refractivity contribution is 6.08. The number of fused-ring (bicyclic) bond motifs is 5. The van der Waals surface area contributed by atoms with Crippen LogP contribution in [0.3, 0.4) is 0 Å². The van der Waals surface area contributed by atoms with Gasteiger partial charge in [-0.25, -0.2) is 9.13 Å². The van der Waals surface area contributed by atoms with Crippen molar-refractivity contribution in [3.8, 4) is 0 Å². The molecule has 15 nitrogen and oxygen atoms in total. The van der Waals surface area contributed by atoms with Crippen LogP contribution in [0.2, 0.25) is 0 Å². The molecular weight excluding hydrogens is 985 g/mol. The summed E-state index contributed by atoms with van der Waals surface area (Å²) in [5.41, 5.74) is 0.899. The maximum Gasteiger partial charge on any atom is 0.243 e. The Morgan fingerprint density at radius 2 is 0.872 bits per heavy atom. The van der Waals surface area contributed by atoms with Gasteiger partial charge in [-0.3, -0.25) is 58.0 Å². The van der Waals surface area contributed by atoms with Crippen LogP contribution in [0.1, 0.15) is 45.1 Å². The number of nitrogens with zero attached hydrogens (tertiary/aromatic N) is 6. The van der Waals surface area contributed by atoms with Crippen LogP contribution in [0.4, 0.5) is 0 Å². The van der Waals surface area contributed by atoms with Crippen LogP contribution in [-0.2, 0) is 63.2 Å². The molecule has 2 aromatic carbocycles. The number of imidazole rings is 1. The number of hydrogen-bond donors (Lipinski definition) is 0. The largest absolute Gasteiger partial charge is 0.378 e. The van der Waals surface area contributed by atoms with E-state index < -0.39 is 47.3 Å². The lowest BCUT2D eigenvalue weighted by Crippen LogP contribution is -2.38. The first-order valence-electron chi connectivity index (χ1n) is 28.1. The van der Waals surface area contributed by atoms with Gasteiger partial charge < -0.3 is 4.74 Å². The molecule has 0 radical (unpaired) electrons. The van der Waals surface area contributed by atoms with Gasteiger partial charge in [-0.15, -0.1) is 13.2 Å². The number of rotatable bonds is 19. The van der Waals surface area contributed by atoms with E-state index in [1.165, 1.54) is 19.6 Å². The molecule has 0 spiro atoms. The summed E-state index contributed by atoms with van der Waals surface area (Å²) in [6, 6.07) is 13.9. The lowest BCUT2D eigenvalue weighted by molar-refractivity contribution is -0.671. The van der Waals surface area contributed by atoms with Crippen LogP contribution in [0.5, 0.6) is 0 Å². The quantitative estimate of drug-likeness (QED) is 0.0582. The first kappa shape index (κ1) is 52.9. The Balaban J connectivity index is 0.778. The predicted octanol–water partition coefficient (Wildman–Crippen LogP) is 6.27. The molecule has 4 saturated carbocycles. The molecule has 8 aliphatic rings. The number of aryl methyl sites for hydroxylation is 1. The minimum atomic E-state index is -0.649. The topological polar surface area (TPSA) is 168 Å². The molecule has 11 rings (SSSR count). The van der Waals surface area contributed by atoms with Gasteiger partial charge in [0.2, 0.25) is 53.6 Å². The Labute approximate surface area is 456 Å². The van der Waals surface area contributed by atoms with Crippen LogP contribution in [-0.4, -0.2) is 104 Å². The van der Waals surface area contributed by atoms with Gasteiger partial charge in [-0.2, -0.15) is 0 Å². The van der Waals surface area contributed by atoms with Crippen molar-refractivity contribution in [1.29, 1.82) is 0 Å². The molecule has 8 amide bonds. The highest BCUT2D eigenvalue weighted by atomic mass is 16.5. The molecule has 4 aliphatic heterocycles. The fourth-order valence-corrected chi connectivity index (χ4v) is 15.5. The zero-order chi connectivity index (χ0) is 54.7. The van der Waals surface area contributed by atoms with E-state index in [2.05, 4.69) is 13.2 Å². The summed E-state index contributed by atoms with van der Waals surface area (Å²) in [6.45, 7) is 13.0. The third-order valence-electron chi connectivity index (χ3n) is 19.1. The number of carbonyl (C=O) groups excluding carboxylic acids is 8. The summed E-state index contributed by atoms with van der Waals surface area (Å²) in [5.74, 6) is -8.00. The molecule has 4 saturated heterocycles. The normalized spacial score (nSPS) is 34.6. The van der Waals surface area contributed by atoms with Crippen LogP contribution in [0.15, 0.2) is 135 Å². The van der Waals surface area contributed by atoms with Crippen LogP contribution < -0.4 is 4.57 Å². The van der Waals surface area contributed by atoms with Crippen LogP contribution >= 0.6 is 0 Å². The number of likely N-dealkylation sites (tertiary alicyclic amines) is 4. The number of benzene rings is 2. The lowest BCUT2D eigenvalue weighted by Gasteiger charge is -2.21. The molecule has 1 aromatic heterocycles. The van der Waals surface area contributed by atoms with Gasteiger partial charge in [0.1, 0.15) is 18.9 Å². The minimum Gasteiger partial charge on any atom is -0.378 e. The minimum absolute atomic E-state index is 0.00568. The molecule has 0 bridgehead atoms. The Bertz CT molecular complexity index is 3060. The zero-order valence-corrected chi connectivity index (χ0v) is 44.8. The van der Waals surface area contributed by atoms with E-state index in [9.17, 15) is 38.4 Å². The Morgan fingerprint density at radius 3 is 1.29 bits per heavy atom. The zero-order valence-electron chi connectivity index (χ0n) is 44.8. The van der Waals surface area contributed by atoms with Crippen molar-refractivity contribution in [2.45, 2.75) is 52.6 Å². The van der Waals surface area contributed by atoms with E-state index >= 15 is 0 Å². The van der Waals surface area contributed by atoms with Crippen molar-refractivity contribution in [3.05, 3.63) is 141 Å². The molecule has 406 valence electrons. The Morgan fingerprint density at radius 1 is 0.487 bits per heavy atom. The van der Waals surface area contributed by atoms with Gasteiger partial charge in [0.15, 0.2) is 0 Å². The number of carbonyl (C=O) groups is 8. The second kappa shape index (κ2) is 21.6. The smallest absolute Gasteiger partial charge is 0.243 e. The molecular formula is C63H71N6O9+. The molecule has 78 heavy (non-hydrogen) atoms. The summed E-state index contributed by atoms with van der Waals surface area (Å²) in [7, 11) is 1.91. The van der Waals surface area contributed by atoms with Gasteiger partial charge in [0.05, 0.1) is 93.8 Å². The summed E-state index contributed by atoms with van der Waals surface area (Å²) < 4.78 is 9.76. The molecule has 15 heteroatoms. The average Bonchev–Trinajstić information content (AvgIpc) is 4.54. The number of imide groups is 4. The van der Waals surface area contributed by atoms with Crippen LogP contribution in [0.25, 0.3) is 10.8 Å². The monoisotopic (exact) mass is 1060 g/mol. The van der Waals surface area contributed by atoms with Crippen molar-refractivity contribution >= 4 is 58.0 Å². The Hall–Kier alpha value is -7.13. The summed E-state index contributed by atoms with van der Waals surface area (Å²) in [4.78, 5) is 119. The van der Waals surface area contributed by atoms with E-state index in [4.69, 9.17) is 4.74 Å². The summed E-state index contributed by atoms with van der Waals surface area (Å²) in [6.07, 6.45) is 27.5. The van der Waals surface area contributed by atoms with Crippen molar-refractivity contribution in [1.82, 2.24) is 24.2 Å². The molecule has 4 aliphatic carbocycles. The SMILES string of the molecule is C=CC1CC(/C=C\C2CC(/C=C\C3CC(C=C)C4C(=O)N(Cc5cccc6ccccc56)C(=O)C34)C3C(=O)N(CCn4cc[n+](C)c4)C(=O)C23)C2C(=O)N(CCOCCN3C(=O)C4C(/C=C/C)CC(/C=C/C)C4C3=O)C(=O)C12. The summed E-state index contributed by atoms with van der Waals surface area (Å²) >= 11 is 0. The second-order valence-corrected chi connectivity index (χ2v) is 23.1. The molecule has 16 atom stereocenters. The van der Waals surface area contributed by atoms with Gasteiger partial charge in [-0.1, -0.05) is 103 Å². The van der Waals surface area contributed by atoms with Gasteiger partial charge in [-0.05, 0) is 103 Å². The van der Waals surface area contributed by atoms with E-state index in [1.54, 1.807) is 12.2 Å². The molecule has 16 unspecified atom stereocenters. The van der Waals surface area contributed by atoms with Crippen molar-refractivity contribution in [3.63, 3.8) is 0 Å². The van der Waals surface area contributed by atoms with Gasteiger partial charge >= 0.3 is 0 Å². The first-order chi connectivity index (χ1) is 37.8. The van der Waals surface area contributed by atoms with E-state index in [-0.39, 0.29) is 134 Å². The van der Waals surface area contributed by atoms with E-state index in [0.29, 0.717) is 25.8 Å². The third-order valence-corrected chi connectivity index (χ3v) is 19.1. The van der Waals surface area contributed by atoms with E-state index in [1.807, 2.05) is 140 Å². The van der Waals surface area contributed by atoms with Gasteiger partial charge in [0, 0.05) is 0 Å². The number of ether oxygens (including phenoxy) is 1. The highest BCUT2D eigenvalue weighted by Crippen LogP contribution is 2.54. The maximum atomic E-state index is 14.6. The summed E-state index contributed by atoms with van der Waals surface area (Å²) in [5, 5.41) is 2.02. The number of aromatic nitrogens is 2. The van der Waals surface area contributed by atoms with E-state index in [0.717, 1.165) is 22.8 Å². The van der Waals surface area contributed by atoms with Crippen LogP contribution in [0, 0.1) is 94.7 Å². The molecule has 0 N–H and O–H groups in total. The molecule has 8 fully saturated rings. The molecule has 5 heterocycles. The number of hydrogen-bond acceptors (Lipinski definition) is 9. The van der Waals surface area contributed by atoms with Crippen molar-refractivity contribution in [2.24, 2.45) is 102 Å². The van der Waals surface area contributed by atoms with Gasteiger partial charge in [0.25, 0.3) is 0 Å². The number of amides is 8. The first-order valence-corrected chi connectivity index (χ1v) is 28.1. The lowest BCUT2D eigenvalue weighted by atomic mass is 9.86. The van der Waals surface area contributed by atoms with Crippen molar-refractivity contribution in [2.75, 3.05) is 32.8 Å². The predicted molar refractivity (Wildman–Crippen MR) is 289 cm³/mol. The fraction of sp³-hybridized carbons (Fsp3) is 0.476. The second-order valence-electron chi connectivity index (χ2n) is 23.1. The third kappa shape index (κ3) is 8.99.